The van der Waals surface area contributed by atoms with Crippen LogP contribution in [0, 0.1) is 10.1 Å². The number of nitro groups is 1. The maximum Gasteiger partial charge on any atom is 0.338 e. The largest absolute Gasteiger partial charge is 0.462 e. The third-order valence-corrected chi connectivity index (χ3v) is 3.60. The molecule has 0 unspecified atom stereocenters. The van der Waals surface area contributed by atoms with Crippen molar-refractivity contribution in [1.82, 2.24) is 4.90 Å². The van der Waals surface area contributed by atoms with Crippen LogP contribution in [0.4, 0.5) is 5.69 Å². The molecular formula is C16H20N2O4. The number of benzene rings is 1. The Morgan fingerprint density at radius 1 is 1.36 bits per heavy atom. The van der Waals surface area contributed by atoms with E-state index in [9.17, 15) is 14.9 Å². The van der Waals surface area contributed by atoms with E-state index < -0.39 is 10.9 Å². The highest BCUT2D eigenvalue weighted by atomic mass is 16.6. The van der Waals surface area contributed by atoms with Crippen LogP contribution in [0.5, 0.6) is 0 Å². The van der Waals surface area contributed by atoms with Gasteiger partial charge < -0.3 is 9.64 Å². The van der Waals surface area contributed by atoms with Gasteiger partial charge in [-0.3, -0.25) is 10.1 Å². The monoisotopic (exact) mass is 304 g/mol. The number of hydrogen-bond donors (Lipinski definition) is 0. The lowest BCUT2D eigenvalue weighted by Crippen LogP contribution is -2.24. The van der Waals surface area contributed by atoms with Gasteiger partial charge in [-0.05, 0) is 50.1 Å². The van der Waals surface area contributed by atoms with Crippen molar-refractivity contribution in [2.24, 2.45) is 0 Å². The van der Waals surface area contributed by atoms with Gasteiger partial charge in [0.25, 0.3) is 5.69 Å². The molecule has 2 rings (SSSR count). The number of piperidine rings is 1. The Balaban J connectivity index is 2.27. The van der Waals surface area contributed by atoms with Crippen LogP contribution in [-0.4, -0.2) is 35.5 Å². The minimum Gasteiger partial charge on any atom is -0.462 e. The average molecular weight is 304 g/mol. The van der Waals surface area contributed by atoms with Crippen LogP contribution in [0.15, 0.2) is 24.4 Å². The maximum atomic E-state index is 12.0. The number of likely N-dealkylation sites (tertiary alicyclic amines) is 1. The minimum absolute atomic E-state index is 0.0358. The first-order valence-corrected chi connectivity index (χ1v) is 7.49. The number of non-ortho nitro benzene ring substituents is 1. The molecule has 0 bridgehead atoms. The van der Waals surface area contributed by atoms with Gasteiger partial charge in [-0.1, -0.05) is 0 Å². The van der Waals surface area contributed by atoms with E-state index in [4.69, 9.17) is 4.74 Å². The van der Waals surface area contributed by atoms with Crippen LogP contribution in [0.25, 0.3) is 6.08 Å². The molecule has 1 heterocycles. The second-order valence-electron chi connectivity index (χ2n) is 5.16. The molecule has 1 saturated heterocycles. The second kappa shape index (κ2) is 7.59. The van der Waals surface area contributed by atoms with Crippen LogP contribution >= 0.6 is 0 Å². The van der Waals surface area contributed by atoms with Crippen molar-refractivity contribution in [3.8, 4) is 0 Å². The van der Waals surface area contributed by atoms with Crippen molar-refractivity contribution in [2.45, 2.75) is 26.2 Å². The van der Waals surface area contributed by atoms with Gasteiger partial charge in [0, 0.05) is 25.2 Å². The Kier molecular flexibility index (Phi) is 5.52. The van der Waals surface area contributed by atoms with Gasteiger partial charge in [0.2, 0.25) is 0 Å². The number of carbonyl (C=O) groups excluding carboxylic acids is 1. The summed E-state index contributed by atoms with van der Waals surface area (Å²) in [5.41, 5.74) is 0.824. The van der Waals surface area contributed by atoms with E-state index in [0.717, 1.165) is 25.9 Å². The molecule has 0 aromatic heterocycles. The summed E-state index contributed by atoms with van der Waals surface area (Å²) in [5, 5.41) is 10.9. The lowest BCUT2D eigenvalue weighted by molar-refractivity contribution is -0.384. The van der Waals surface area contributed by atoms with Crippen LogP contribution in [-0.2, 0) is 4.74 Å². The fraction of sp³-hybridized carbons (Fsp3) is 0.438. The number of ether oxygens (including phenoxy) is 1. The van der Waals surface area contributed by atoms with Gasteiger partial charge >= 0.3 is 5.97 Å². The summed E-state index contributed by atoms with van der Waals surface area (Å²) in [6.07, 6.45) is 7.18. The summed E-state index contributed by atoms with van der Waals surface area (Å²) in [4.78, 5) is 24.6. The van der Waals surface area contributed by atoms with Crippen molar-refractivity contribution in [3.63, 3.8) is 0 Å². The van der Waals surface area contributed by atoms with E-state index in [0.29, 0.717) is 11.1 Å². The molecule has 0 radical (unpaired) electrons. The summed E-state index contributed by atoms with van der Waals surface area (Å²) in [6.45, 7) is 3.94. The summed E-state index contributed by atoms with van der Waals surface area (Å²) < 4.78 is 5.00. The smallest absolute Gasteiger partial charge is 0.338 e. The van der Waals surface area contributed by atoms with Crippen molar-refractivity contribution in [3.05, 3.63) is 45.6 Å². The zero-order valence-electron chi connectivity index (χ0n) is 12.7. The molecule has 0 amide bonds. The third kappa shape index (κ3) is 4.07. The predicted octanol–water partition coefficient (Wildman–Crippen LogP) is 3.23. The van der Waals surface area contributed by atoms with Gasteiger partial charge in [0.1, 0.15) is 0 Å². The molecule has 22 heavy (non-hydrogen) atoms. The normalized spacial score (nSPS) is 15.0. The molecule has 6 nitrogen and oxygen atoms in total. The zero-order chi connectivity index (χ0) is 15.9. The fourth-order valence-electron chi connectivity index (χ4n) is 2.45. The first-order chi connectivity index (χ1) is 10.6. The van der Waals surface area contributed by atoms with E-state index >= 15 is 0 Å². The molecule has 0 spiro atoms. The first kappa shape index (κ1) is 16.0. The zero-order valence-corrected chi connectivity index (χ0v) is 12.7. The highest BCUT2D eigenvalue weighted by molar-refractivity contribution is 5.94. The Hall–Kier alpha value is -2.37. The molecule has 1 fully saturated rings. The second-order valence-corrected chi connectivity index (χ2v) is 5.16. The molecule has 0 aliphatic carbocycles. The quantitative estimate of drug-likeness (QED) is 0.474. The lowest BCUT2D eigenvalue weighted by Gasteiger charge is -2.24. The minimum atomic E-state index is -0.465. The van der Waals surface area contributed by atoms with E-state index in [1.165, 1.54) is 24.6 Å². The Bertz CT molecular complexity index is 578. The van der Waals surface area contributed by atoms with Gasteiger partial charge in [0.15, 0.2) is 0 Å². The molecule has 6 heteroatoms. The summed E-state index contributed by atoms with van der Waals surface area (Å²) in [5.74, 6) is -0.462. The van der Waals surface area contributed by atoms with E-state index in [-0.39, 0.29) is 12.3 Å². The molecule has 0 saturated carbocycles. The van der Waals surface area contributed by atoms with Crippen molar-refractivity contribution in [2.75, 3.05) is 19.7 Å². The number of esters is 1. The average Bonchev–Trinajstić information content (AvgIpc) is 2.53. The topological polar surface area (TPSA) is 72.7 Å². The molecular weight excluding hydrogens is 284 g/mol. The molecule has 1 aliphatic rings. The van der Waals surface area contributed by atoms with Gasteiger partial charge in [-0.25, -0.2) is 4.79 Å². The van der Waals surface area contributed by atoms with Crippen LogP contribution in [0.2, 0.25) is 0 Å². The molecule has 1 aromatic rings. The first-order valence-electron chi connectivity index (χ1n) is 7.49. The van der Waals surface area contributed by atoms with Crippen LogP contribution in [0.3, 0.4) is 0 Å². The Morgan fingerprint density at radius 3 is 2.73 bits per heavy atom. The SMILES string of the molecule is CCOC(=O)c1ccc([N+](=O)[O-])cc1C=CN1CCCCC1. The molecule has 118 valence electrons. The summed E-state index contributed by atoms with van der Waals surface area (Å²) >= 11 is 0. The highest BCUT2D eigenvalue weighted by Crippen LogP contribution is 2.21. The summed E-state index contributed by atoms with van der Waals surface area (Å²) in [7, 11) is 0. The lowest BCUT2D eigenvalue weighted by atomic mass is 10.1. The number of nitrogens with zero attached hydrogens (tertiary/aromatic N) is 2. The summed E-state index contributed by atoms with van der Waals surface area (Å²) in [6, 6.07) is 4.18. The van der Waals surface area contributed by atoms with Gasteiger partial charge in [-0.15, -0.1) is 0 Å². The van der Waals surface area contributed by atoms with Gasteiger partial charge in [-0.2, -0.15) is 0 Å². The van der Waals surface area contributed by atoms with E-state index in [1.54, 1.807) is 13.0 Å². The Morgan fingerprint density at radius 2 is 2.09 bits per heavy atom. The van der Waals surface area contributed by atoms with Crippen LogP contribution in [0.1, 0.15) is 42.1 Å². The van der Waals surface area contributed by atoms with Crippen molar-refractivity contribution < 1.29 is 14.5 Å². The Labute approximate surface area is 129 Å². The van der Waals surface area contributed by atoms with Gasteiger partial charge in [0.05, 0.1) is 17.1 Å². The van der Waals surface area contributed by atoms with Crippen molar-refractivity contribution >= 4 is 17.7 Å². The highest BCUT2D eigenvalue weighted by Gasteiger charge is 2.16. The molecule has 1 aromatic carbocycles. The standard InChI is InChI=1S/C16H20N2O4/c1-2-22-16(19)15-7-6-14(18(20)21)12-13(15)8-11-17-9-4-3-5-10-17/h6-8,11-12H,2-5,9-10H2,1H3. The fourth-order valence-corrected chi connectivity index (χ4v) is 2.45. The number of hydrogen-bond acceptors (Lipinski definition) is 5. The number of rotatable bonds is 5. The number of carbonyl (C=O) groups is 1. The van der Waals surface area contributed by atoms with E-state index in [1.807, 2.05) is 6.20 Å². The maximum absolute atomic E-state index is 12.0. The predicted molar refractivity (Wildman–Crippen MR) is 83.5 cm³/mol. The van der Waals surface area contributed by atoms with Crippen LogP contribution < -0.4 is 0 Å². The van der Waals surface area contributed by atoms with Crippen molar-refractivity contribution in [1.29, 1.82) is 0 Å². The number of nitro benzene ring substituents is 1. The molecule has 0 N–H and O–H groups in total. The molecule has 0 atom stereocenters. The third-order valence-electron chi connectivity index (χ3n) is 3.60. The van der Waals surface area contributed by atoms with E-state index in [2.05, 4.69) is 4.90 Å². The molecule has 1 aliphatic heterocycles.